The molecule has 2 aromatic carbocycles. The van der Waals surface area contributed by atoms with E-state index in [2.05, 4.69) is 55.3 Å². The second-order valence-corrected chi connectivity index (χ2v) is 6.78. The number of nitrogens with one attached hydrogen (secondary N) is 2. The smallest absolute Gasteiger partial charge is 0.319 e. The van der Waals surface area contributed by atoms with Crippen LogP contribution in [0.25, 0.3) is 5.69 Å². The van der Waals surface area contributed by atoms with Gasteiger partial charge in [0.05, 0.1) is 5.69 Å². The molecule has 2 amide bonds. The van der Waals surface area contributed by atoms with Gasteiger partial charge < -0.3 is 15.5 Å². The number of urea groups is 1. The fourth-order valence-electron chi connectivity index (χ4n) is 3.44. The van der Waals surface area contributed by atoms with Crippen molar-refractivity contribution in [3.05, 3.63) is 59.9 Å². The molecule has 1 aromatic heterocycles. The SMILES string of the molecule is Cc1nnnn1-c1ccc(NC(=O)NCCCN2CCc3ccccc32)cc1. The third kappa shape index (κ3) is 3.95. The summed E-state index contributed by atoms with van der Waals surface area (Å²) in [6.07, 6.45) is 2.00. The maximum atomic E-state index is 12.1. The lowest BCUT2D eigenvalue weighted by Crippen LogP contribution is -2.32. The van der Waals surface area contributed by atoms with Gasteiger partial charge in [0, 0.05) is 31.0 Å². The minimum Gasteiger partial charge on any atom is -0.371 e. The Bertz CT molecular complexity index is 951. The molecule has 2 N–H and O–H groups in total. The van der Waals surface area contributed by atoms with Crippen LogP contribution in [0, 0.1) is 6.92 Å². The van der Waals surface area contributed by atoms with E-state index in [0.29, 0.717) is 12.4 Å². The predicted molar refractivity (Wildman–Crippen MR) is 108 cm³/mol. The lowest BCUT2D eigenvalue weighted by atomic mass is 10.2. The van der Waals surface area contributed by atoms with Crippen LogP contribution in [0.3, 0.4) is 0 Å². The van der Waals surface area contributed by atoms with Crippen LogP contribution in [0.1, 0.15) is 17.8 Å². The standard InChI is InChI=1S/C20H23N7O/c1-15-23-24-25-27(15)18-9-7-17(8-10-18)22-20(28)21-12-4-13-26-14-11-16-5-2-3-6-19(16)26/h2-3,5-10H,4,11-14H2,1H3,(H2,21,22,28). The molecule has 3 aromatic rings. The van der Waals surface area contributed by atoms with Crippen LogP contribution in [0.5, 0.6) is 0 Å². The summed E-state index contributed by atoms with van der Waals surface area (Å²) in [5.41, 5.74) is 4.30. The molecule has 0 atom stereocenters. The number of benzene rings is 2. The van der Waals surface area contributed by atoms with E-state index in [1.807, 2.05) is 31.2 Å². The lowest BCUT2D eigenvalue weighted by molar-refractivity contribution is 0.252. The minimum absolute atomic E-state index is 0.201. The van der Waals surface area contributed by atoms with Crippen LogP contribution in [0.4, 0.5) is 16.2 Å². The first kappa shape index (κ1) is 18.0. The van der Waals surface area contributed by atoms with Crippen molar-refractivity contribution in [2.45, 2.75) is 19.8 Å². The first-order valence-electron chi connectivity index (χ1n) is 9.44. The van der Waals surface area contributed by atoms with Crippen LogP contribution in [0.15, 0.2) is 48.5 Å². The van der Waals surface area contributed by atoms with Gasteiger partial charge in [-0.15, -0.1) is 5.10 Å². The number of para-hydroxylation sites is 1. The Kier molecular flexibility index (Phi) is 5.18. The van der Waals surface area contributed by atoms with Crippen LogP contribution in [0.2, 0.25) is 0 Å². The molecule has 8 heteroatoms. The Morgan fingerprint density at radius 2 is 1.96 bits per heavy atom. The molecule has 2 heterocycles. The third-order valence-corrected chi connectivity index (χ3v) is 4.87. The fourth-order valence-corrected chi connectivity index (χ4v) is 3.44. The number of anilines is 2. The van der Waals surface area contributed by atoms with E-state index in [9.17, 15) is 4.79 Å². The highest BCUT2D eigenvalue weighted by atomic mass is 16.2. The summed E-state index contributed by atoms with van der Waals surface area (Å²) in [4.78, 5) is 14.5. The van der Waals surface area contributed by atoms with Crippen molar-refractivity contribution < 1.29 is 4.79 Å². The molecule has 28 heavy (non-hydrogen) atoms. The van der Waals surface area contributed by atoms with Crippen molar-refractivity contribution in [1.29, 1.82) is 0 Å². The fraction of sp³-hybridized carbons (Fsp3) is 0.300. The predicted octanol–water partition coefficient (Wildman–Crippen LogP) is 2.55. The summed E-state index contributed by atoms with van der Waals surface area (Å²) in [5.74, 6) is 0.707. The molecule has 0 fully saturated rings. The zero-order valence-electron chi connectivity index (χ0n) is 15.8. The van der Waals surface area contributed by atoms with E-state index in [0.717, 1.165) is 37.3 Å². The van der Waals surface area contributed by atoms with Gasteiger partial charge in [-0.3, -0.25) is 0 Å². The zero-order valence-corrected chi connectivity index (χ0v) is 15.8. The number of amides is 2. The molecule has 1 aliphatic heterocycles. The Morgan fingerprint density at radius 1 is 1.14 bits per heavy atom. The Hall–Kier alpha value is -3.42. The van der Waals surface area contributed by atoms with E-state index >= 15 is 0 Å². The lowest BCUT2D eigenvalue weighted by Gasteiger charge is -2.19. The molecule has 0 saturated heterocycles. The maximum Gasteiger partial charge on any atom is 0.319 e. The number of aryl methyl sites for hydroxylation is 1. The van der Waals surface area contributed by atoms with Gasteiger partial charge in [0.2, 0.25) is 0 Å². The Labute approximate surface area is 163 Å². The van der Waals surface area contributed by atoms with E-state index in [4.69, 9.17) is 0 Å². The van der Waals surface area contributed by atoms with Gasteiger partial charge in [0.25, 0.3) is 0 Å². The van der Waals surface area contributed by atoms with Crippen LogP contribution >= 0.6 is 0 Å². The van der Waals surface area contributed by atoms with E-state index in [1.54, 1.807) is 4.68 Å². The highest BCUT2D eigenvalue weighted by Crippen LogP contribution is 2.27. The number of rotatable bonds is 6. The number of hydrogen-bond donors (Lipinski definition) is 2. The molecule has 8 nitrogen and oxygen atoms in total. The highest BCUT2D eigenvalue weighted by molar-refractivity contribution is 5.89. The summed E-state index contributed by atoms with van der Waals surface area (Å²) >= 11 is 0. The van der Waals surface area contributed by atoms with E-state index in [1.165, 1.54) is 11.3 Å². The summed E-state index contributed by atoms with van der Waals surface area (Å²) in [5, 5.41) is 17.2. The van der Waals surface area contributed by atoms with Gasteiger partial charge in [-0.25, -0.2) is 4.79 Å². The van der Waals surface area contributed by atoms with Crippen molar-refractivity contribution in [2.24, 2.45) is 0 Å². The second-order valence-electron chi connectivity index (χ2n) is 6.78. The summed E-state index contributed by atoms with van der Waals surface area (Å²) in [6, 6.07) is 15.7. The molecular weight excluding hydrogens is 354 g/mol. The highest BCUT2D eigenvalue weighted by Gasteiger charge is 2.17. The average molecular weight is 377 g/mol. The molecule has 144 valence electrons. The number of carbonyl (C=O) groups excluding carboxylic acids is 1. The van der Waals surface area contributed by atoms with Gasteiger partial charge in [0.1, 0.15) is 0 Å². The summed E-state index contributed by atoms with van der Waals surface area (Å²) < 4.78 is 1.64. The van der Waals surface area contributed by atoms with Crippen molar-refractivity contribution in [3.63, 3.8) is 0 Å². The van der Waals surface area contributed by atoms with Crippen LogP contribution in [-0.4, -0.2) is 45.9 Å². The first-order valence-corrected chi connectivity index (χ1v) is 9.44. The number of tetrazole rings is 1. The number of aromatic nitrogens is 4. The van der Waals surface area contributed by atoms with Crippen LogP contribution in [-0.2, 0) is 6.42 Å². The molecule has 0 aliphatic carbocycles. The topological polar surface area (TPSA) is 88.0 Å². The molecule has 4 rings (SSSR count). The van der Waals surface area contributed by atoms with Gasteiger partial charge >= 0.3 is 6.03 Å². The molecule has 1 aliphatic rings. The monoisotopic (exact) mass is 377 g/mol. The quantitative estimate of drug-likeness (QED) is 0.645. The zero-order chi connectivity index (χ0) is 19.3. The molecule has 0 radical (unpaired) electrons. The molecule has 0 bridgehead atoms. The van der Waals surface area contributed by atoms with E-state index in [-0.39, 0.29) is 6.03 Å². The molecular formula is C20H23N7O. The number of nitrogens with zero attached hydrogens (tertiary/aromatic N) is 5. The third-order valence-electron chi connectivity index (χ3n) is 4.87. The van der Waals surface area contributed by atoms with Crippen molar-refractivity contribution in [3.8, 4) is 5.69 Å². The number of fused-ring (bicyclic) bond motifs is 1. The van der Waals surface area contributed by atoms with Gasteiger partial charge in [-0.05, 0) is 66.1 Å². The van der Waals surface area contributed by atoms with Crippen molar-refractivity contribution in [2.75, 3.05) is 29.9 Å². The average Bonchev–Trinajstić information content (AvgIpc) is 3.32. The maximum absolute atomic E-state index is 12.1. The van der Waals surface area contributed by atoms with Crippen molar-refractivity contribution >= 4 is 17.4 Å². The second kappa shape index (κ2) is 8.08. The van der Waals surface area contributed by atoms with Crippen LogP contribution < -0.4 is 15.5 Å². The van der Waals surface area contributed by atoms with Gasteiger partial charge in [0.15, 0.2) is 5.82 Å². The molecule has 0 unspecified atom stereocenters. The molecule has 0 saturated carbocycles. The first-order chi connectivity index (χ1) is 13.7. The molecule has 0 spiro atoms. The largest absolute Gasteiger partial charge is 0.371 e. The van der Waals surface area contributed by atoms with Gasteiger partial charge in [-0.1, -0.05) is 18.2 Å². The van der Waals surface area contributed by atoms with Gasteiger partial charge in [-0.2, -0.15) is 4.68 Å². The Morgan fingerprint density at radius 3 is 2.75 bits per heavy atom. The normalized spacial score (nSPS) is 12.7. The Balaban J connectivity index is 1.21. The van der Waals surface area contributed by atoms with E-state index < -0.39 is 0 Å². The number of carbonyl (C=O) groups is 1. The summed E-state index contributed by atoms with van der Waals surface area (Å²) in [7, 11) is 0. The van der Waals surface area contributed by atoms with Crippen molar-refractivity contribution in [1.82, 2.24) is 25.5 Å². The number of hydrogen-bond acceptors (Lipinski definition) is 5. The summed E-state index contributed by atoms with van der Waals surface area (Å²) in [6.45, 7) is 4.46. The minimum atomic E-state index is -0.201.